The Bertz CT molecular complexity index is 1320. The van der Waals surface area contributed by atoms with Gasteiger partial charge in [-0.05, 0) is 38.0 Å². The molecule has 0 aliphatic heterocycles. The van der Waals surface area contributed by atoms with Crippen molar-refractivity contribution in [1.29, 1.82) is 5.26 Å². The van der Waals surface area contributed by atoms with Gasteiger partial charge in [0.25, 0.3) is 17.6 Å². The van der Waals surface area contributed by atoms with Crippen molar-refractivity contribution in [2.24, 2.45) is 12.5 Å². The number of nitrogens with zero attached hydrogens (tertiary/aromatic N) is 2. The van der Waals surface area contributed by atoms with Crippen LogP contribution in [0.15, 0.2) is 43.0 Å². The molecule has 0 unspecified atom stereocenters. The van der Waals surface area contributed by atoms with E-state index in [0.29, 0.717) is 0 Å². The number of ketones is 1. The van der Waals surface area contributed by atoms with Crippen LogP contribution in [0.1, 0.15) is 44.9 Å². The smallest absolute Gasteiger partial charge is 0.292 e. The lowest BCUT2D eigenvalue weighted by atomic mass is 9.64. The molecule has 1 heterocycles. The molecule has 0 bridgehead atoms. The van der Waals surface area contributed by atoms with Crippen LogP contribution in [0, 0.1) is 29.5 Å². The Morgan fingerprint density at radius 1 is 1.23 bits per heavy atom. The van der Waals surface area contributed by atoms with E-state index in [0.717, 1.165) is 12.1 Å². The molecular formula is C24H20ClF3N4O3. The summed E-state index contributed by atoms with van der Waals surface area (Å²) in [5.74, 6) is -5.44. The van der Waals surface area contributed by atoms with Crippen LogP contribution in [0.25, 0.3) is 0 Å². The molecule has 1 aromatic carbocycles. The summed E-state index contributed by atoms with van der Waals surface area (Å²) in [6.07, 6.45) is -0.289. The van der Waals surface area contributed by atoms with E-state index in [4.69, 9.17) is 16.9 Å². The molecule has 1 saturated carbocycles. The van der Waals surface area contributed by atoms with Gasteiger partial charge < -0.3 is 15.2 Å². The Morgan fingerprint density at radius 2 is 1.83 bits per heavy atom. The van der Waals surface area contributed by atoms with E-state index in [2.05, 4.69) is 23.8 Å². The summed E-state index contributed by atoms with van der Waals surface area (Å²) in [4.78, 5) is 38.3. The standard InChI is InChI=1S/C24H20ClF3N4O3/c1-11-18(21(33)23(35)31-16-8-24(9-16,12(2)26)13(3)27)19(25)20(32(11)4)22(34)30-15-5-6-17(28)14(7-15)10-29/h5-7,16H,2-3,8-9H2,1,4H3,(H,30,34)(H,31,35). The van der Waals surface area contributed by atoms with E-state index in [1.165, 1.54) is 24.6 Å². The molecule has 1 aliphatic carbocycles. The first-order chi connectivity index (χ1) is 16.3. The minimum atomic E-state index is -1.58. The zero-order valence-corrected chi connectivity index (χ0v) is 19.5. The maximum atomic E-state index is 13.7. The van der Waals surface area contributed by atoms with Gasteiger partial charge >= 0.3 is 0 Å². The lowest BCUT2D eigenvalue weighted by Crippen LogP contribution is -2.52. The summed E-state index contributed by atoms with van der Waals surface area (Å²) in [7, 11) is 1.45. The van der Waals surface area contributed by atoms with Crippen LogP contribution >= 0.6 is 11.6 Å². The Balaban J connectivity index is 1.79. The van der Waals surface area contributed by atoms with Crippen molar-refractivity contribution in [2.75, 3.05) is 5.32 Å². The average Bonchev–Trinajstić information content (AvgIpc) is 2.98. The van der Waals surface area contributed by atoms with Crippen LogP contribution < -0.4 is 10.6 Å². The van der Waals surface area contributed by atoms with Gasteiger partial charge in [-0.1, -0.05) is 24.8 Å². The number of Topliss-reactive ketones (excluding diaryl/α,β-unsaturated/α-hetero) is 1. The van der Waals surface area contributed by atoms with E-state index in [9.17, 15) is 27.6 Å². The predicted molar refractivity (Wildman–Crippen MR) is 123 cm³/mol. The average molecular weight is 505 g/mol. The number of carbonyl (C=O) groups excluding carboxylic acids is 3. The zero-order valence-electron chi connectivity index (χ0n) is 18.8. The molecule has 11 heteroatoms. The fourth-order valence-electron chi connectivity index (χ4n) is 3.99. The number of nitriles is 1. The molecular weight excluding hydrogens is 485 g/mol. The van der Waals surface area contributed by atoms with Gasteiger partial charge in [0.2, 0.25) is 0 Å². The molecule has 1 aliphatic rings. The van der Waals surface area contributed by atoms with Crippen LogP contribution in [0.5, 0.6) is 0 Å². The van der Waals surface area contributed by atoms with Gasteiger partial charge in [-0.25, -0.2) is 13.2 Å². The fourth-order valence-corrected chi connectivity index (χ4v) is 4.43. The summed E-state index contributed by atoms with van der Waals surface area (Å²) < 4.78 is 42.2. The summed E-state index contributed by atoms with van der Waals surface area (Å²) in [5, 5.41) is 13.5. The number of amides is 2. The second-order valence-electron chi connectivity index (χ2n) is 8.24. The van der Waals surface area contributed by atoms with Gasteiger partial charge in [0, 0.05) is 24.5 Å². The number of nitrogens with one attached hydrogen (secondary N) is 2. The Labute approximate surface area is 203 Å². The van der Waals surface area contributed by atoms with Gasteiger partial charge in [0.1, 0.15) is 29.2 Å². The molecule has 2 N–H and O–H groups in total. The van der Waals surface area contributed by atoms with Crippen molar-refractivity contribution in [3.8, 4) is 6.07 Å². The van der Waals surface area contributed by atoms with E-state index in [1.54, 1.807) is 6.07 Å². The molecule has 1 fully saturated rings. The quantitative estimate of drug-likeness (QED) is 0.422. The Hall–Kier alpha value is -3.84. The largest absolute Gasteiger partial charge is 0.346 e. The molecule has 7 nitrogen and oxygen atoms in total. The second kappa shape index (κ2) is 9.43. The first-order valence-electron chi connectivity index (χ1n) is 10.2. The van der Waals surface area contributed by atoms with Gasteiger partial charge in [-0.2, -0.15) is 5.26 Å². The number of allylic oxidation sites excluding steroid dienone is 2. The molecule has 2 amide bonds. The number of carbonyl (C=O) groups is 3. The maximum Gasteiger partial charge on any atom is 0.292 e. The number of rotatable bonds is 7. The summed E-state index contributed by atoms with van der Waals surface area (Å²) in [5.41, 5.74) is -1.90. The Kier molecular flexibility index (Phi) is 6.94. The Morgan fingerprint density at radius 3 is 2.37 bits per heavy atom. The minimum absolute atomic E-state index is 0.117. The molecule has 2 aromatic rings. The highest BCUT2D eigenvalue weighted by Crippen LogP contribution is 2.52. The molecule has 35 heavy (non-hydrogen) atoms. The summed E-state index contributed by atoms with van der Waals surface area (Å²) in [6.45, 7) is 7.72. The van der Waals surface area contributed by atoms with E-state index in [-0.39, 0.29) is 46.1 Å². The van der Waals surface area contributed by atoms with Gasteiger partial charge in [0.05, 0.1) is 21.6 Å². The lowest BCUT2D eigenvalue weighted by molar-refractivity contribution is -0.119. The number of hydrogen-bond donors (Lipinski definition) is 2. The number of benzene rings is 1. The van der Waals surface area contributed by atoms with Crippen LogP contribution in [-0.2, 0) is 11.8 Å². The predicted octanol–water partition coefficient (Wildman–Crippen LogP) is 4.66. The van der Waals surface area contributed by atoms with Crippen LogP contribution in [0.4, 0.5) is 18.9 Å². The fraction of sp³-hybridized carbons (Fsp3) is 0.250. The third-order valence-electron chi connectivity index (χ3n) is 6.18. The van der Waals surface area contributed by atoms with E-state index in [1.807, 2.05) is 0 Å². The van der Waals surface area contributed by atoms with Gasteiger partial charge in [0.15, 0.2) is 0 Å². The third kappa shape index (κ3) is 4.47. The second-order valence-corrected chi connectivity index (χ2v) is 8.62. The number of aromatic nitrogens is 1. The number of anilines is 1. The first kappa shape index (κ1) is 25.8. The minimum Gasteiger partial charge on any atom is -0.346 e. The SMILES string of the molecule is C=C(F)C1(C(=C)F)CC(NC(=O)C(=O)c2c(Cl)c(C(=O)Nc3ccc(F)c(C#N)c3)n(C)c2C)C1. The van der Waals surface area contributed by atoms with E-state index < -0.39 is 46.5 Å². The third-order valence-corrected chi connectivity index (χ3v) is 6.55. The topological polar surface area (TPSA) is 104 Å². The zero-order chi connectivity index (χ0) is 26.2. The highest BCUT2D eigenvalue weighted by atomic mass is 35.5. The van der Waals surface area contributed by atoms with Crippen molar-refractivity contribution < 1.29 is 27.6 Å². The number of halogens is 4. The molecule has 0 saturated heterocycles. The molecule has 182 valence electrons. The monoisotopic (exact) mass is 504 g/mol. The highest BCUT2D eigenvalue weighted by molar-refractivity contribution is 6.48. The van der Waals surface area contributed by atoms with Gasteiger partial charge in [-0.3, -0.25) is 14.4 Å². The van der Waals surface area contributed by atoms with Crippen LogP contribution in [0.2, 0.25) is 5.02 Å². The molecule has 3 rings (SSSR count). The number of hydrogen-bond acceptors (Lipinski definition) is 4. The molecule has 0 spiro atoms. The van der Waals surface area contributed by atoms with Crippen molar-refractivity contribution in [1.82, 2.24) is 9.88 Å². The molecule has 0 radical (unpaired) electrons. The lowest BCUT2D eigenvalue weighted by Gasteiger charge is -2.45. The highest BCUT2D eigenvalue weighted by Gasteiger charge is 2.51. The summed E-state index contributed by atoms with van der Waals surface area (Å²) in [6, 6.07) is 4.35. The van der Waals surface area contributed by atoms with Crippen LogP contribution in [-0.4, -0.2) is 28.2 Å². The van der Waals surface area contributed by atoms with Gasteiger partial charge in [-0.15, -0.1) is 0 Å². The maximum absolute atomic E-state index is 13.7. The normalized spacial score (nSPS) is 14.4. The summed E-state index contributed by atoms with van der Waals surface area (Å²) >= 11 is 6.31. The molecule has 0 atom stereocenters. The van der Waals surface area contributed by atoms with Crippen molar-refractivity contribution >= 4 is 34.9 Å². The van der Waals surface area contributed by atoms with Crippen molar-refractivity contribution in [2.45, 2.75) is 25.8 Å². The first-order valence-corrected chi connectivity index (χ1v) is 10.6. The van der Waals surface area contributed by atoms with Crippen LogP contribution in [0.3, 0.4) is 0 Å². The van der Waals surface area contributed by atoms with E-state index >= 15 is 0 Å². The van der Waals surface area contributed by atoms with Crippen molar-refractivity contribution in [3.63, 3.8) is 0 Å². The van der Waals surface area contributed by atoms with Crippen molar-refractivity contribution in [3.05, 3.63) is 76.4 Å². The molecule has 1 aromatic heterocycles.